The molecule has 3 rings (SSSR count). The average molecular weight is 406 g/mol. The van der Waals surface area contributed by atoms with Crippen LogP contribution >= 0.6 is 23.2 Å². The van der Waals surface area contributed by atoms with Crippen LogP contribution in [0.25, 0.3) is 0 Å². The molecule has 2 aromatic carbocycles. The summed E-state index contributed by atoms with van der Waals surface area (Å²) in [6, 6.07) is 9.42. The number of rotatable bonds is 3. The Morgan fingerprint density at radius 3 is 2.48 bits per heavy atom. The SMILES string of the molecule is CCC(=O)N1N=C(c2ccc([N+](=O)[O-])cc2)c2cc(Cl)c(Cl)cc2CC1C. The standard InChI is InChI=1S/C19H17Cl2N3O3/c1-3-18(25)23-11(2)8-13-9-16(20)17(21)10-15(13)19(22-23)12-4-6-14(7-5-12)24(26)27/h4-7,9-11H,3,8H2,1-2H3. The third kappa shape index (κ3) is 3.82. The first-order valence-corrected chi connectivity index (χ1v) is 9.21. The van der Waals surface area contributed by atoms with Gasteiger partial charge in [-0.3, -0.25) is 14.9 Å². The summed E-state index contributed by atoms with van der Waals surface area (Å²) in [7, 11) is 0. The number of amides is 1. The molecule has 2 aromatic rings. The van der Waals surface area contributed by atoms with Crippen molar-refractivity contribution in [2.24, 2.45) is 5.10 Å². The maximum Gasteiger partial charge on any atom is 0.269 e. The monoisotopic (exact) mass is 405 g/mol. The van der Waals surface area contributed by atoms with E-state index in [1.807, 2.05) is 6.92 Å². The van der Waals surface area contributed by atoms with Gasteiger partial charge in [-0.05, 0) is 43.2 Å². The molecule has 1 aliphatic rings. The first-order valence-electron chi connectivity index (χ1n) is 8.45. The van der Waals surface area contributed by atoms with Gasteiger partial charge in [0.25, 0.3) is 5.69 Å². The molecule has 0 bridgehead atoms. The number of nitrogens with zero attached hydrogens (tertiary/aromatic N) is 3. The Morgan fingerprint density at radius 1 is 1.26 bits per heavy atom. The lowest BCUT2D eigenvalue weighted by atomic mass is 9.94. The van der Waals surface area contributed by atoms with E-state index in [1.54, 1.807) is 31.2 Å². The number of nitro benzene ring substituents is 1. The number of carbonyl (C=O) groups excluding carboxylic acids is 1. The minimum Gasteiger partial charge on any atom is -0.273 e. The second kappa shape index (κ2) is 7.66. The van der Waals surface area contributed by atoms with Crippen LogP contribution in [0.3, 0.4) is 0 Å². The highest BCUT2D eigenvalue weighted by atomic mass is 35.5. The number of hydrogen-bond acceptors (Lipinski definition) is 4. The van der Waals surface area contributed by atoms with Gasteiger partial charge >= 0.3 is 0 Å². The van der Waals surface area contributed by atoms with Gasteiger partial charge in [-0.1, -0.05) is 30.1 Å². The molecule has 1 unspecified atom stereocenters. The lowest BCUT2D eigenvalue weighted by molar-refractivity contribution is -0.384. The highest BCUT2D eigenvalue weighted by Crippen LogP contribution is 2.31. The fourth-order valence-corrected chi connectivity index (χ4v) is 3.41. The summed E-state index contributed by atoms with van der Waals surface area (Å²) in [5.74, 6) is -0.105. The molecule has 0 aliphatic carbocycles. The van der Waals surface area contributed by atoms with E-state index >= 15 is 0 Å². The molecule has 1 heterocycles. The first-order chi connectivity index (χ1) is 12.8. The molecule has 140 valence electrons. The Kier molecular flexibility index (Phi) is 5.48. The molecule has 0 spiro atoms. The van der Waals surface area contributed by atoms with Crippen LogP contribution in [0.15, 0.2) is 41.5 Å². The Hall–Kier alpha value is -2.44. The Balaban J connectivity index is 2.20. The van der Waals surface area contributed by atoms with Gasteiger partial charge in [0.1, 0.15) is 0 Å². The molecule has 1 atom stereocenters. The van der Waals surface area contributed by atoms with E-state index in [9.17, 15) is 14.9 Å². The summed E-state index contributed by atoms with van der Waals surface area (Å²) in [6.07, 6.45) is 0.886. The van der Waals surface area contributed by atoms with E-state index in [4.69, 9.17) is 23.2 Å². The van der Waals surface area contributed by atoms with Gasteiger partial charge in [-0.15, -0.1) is 0 Å². The number of carbonyl (C=O) groups is 1. The van der Waals surface area contributed by atoms with E-state index in [2.05, 4.69) is 5.10 Å². The van der Waals surface area contributed by atoms with Gasteiger partial charge in [0.2, 0.25) is 5.91 Å². The molecule has 8 heteroatoms. The van der Waals surface area contributed by atoms with E-state index < -0.39 is 4.92 Å². The Morgan fingerprint density at radius 2 is 1.89 bits per heavy atom. The molecular formula is C19H17Cl2N3O3. The number of benzene rings is 2. The van der Waals surface area contributed by atoms with Crippen LogP contribution in [0, 0.1) is 10.1 Å². The lowest BCUT2D eigenvalue weighted by Crippen LogP contribution is -2.34. The third-order valence-corrected chi connectivity index (χ3v) is 5.17. The topological polar surface area (TPSA) is 75.8 Å². The summed E-state index contributed by atoms with van der Waals surface area (Å²) < 4.78 is 0. The molecule has 0 saturated heterocycles. The minimum absolute atomic E-state index is 0.0165. The lowest BCUT2D eigenvalue weighted by Gasteiger charge is -2.22. The molecule has 0 radical (unpaired) electrons. The minimum atomic E-state index is -0.460. The van der Waals surface area contributed by atoms with Gasteiger partial charge < -0.3 is 0 Å². The van der Waals surface area contributed by atoms with Gasteiger partial charge in [-0.2, -0.15) is 5.10 Å². The van der Waals surface area contributed by atoms with Gasteiger partial charge in [-0.25, -0.2) is 5.01 Å². The number of halogens is 2. The van der Waals surface area contributed by atoms with Crippen molar-refractivity contribution in [3.05, 3.63) is 73.2 Å². The van der Waals surface area contributed by atoms with E-state index in [-0.39, 0.29) is 17.6 Å². The Bertz CT molecular complexity index is 942. The van der Waals surface area contributed by atoms with Crippen LogP contribution in [-0.2, 0) is 11.2 Å². The van der Waals surface area contributed by atoms with Gasteiger partial charge in [0.05, 0.1) is 26.7 Å². The number of fused-ring (bicyclic) bond motifs is 1. The van der Waals surface area contributed by atoms with Crippen LogP contribution < -0.4 is 0 Å². The van der Waals surface area contributed by atoms with Crippen molar-refractivity contribution in [3.8, 4) is 0 Å². The predicted octanol–water partition coefficient (Wildman–Crippen LogP) is 4.84. The average Bonchev–Trinajstić information content (AvgIpc) is 2.78. The van der Waals surface area contributed by atoms with Crippen LogP contribution in [0.4, 0.5) is 5.69 Å². The maximum absolute atomic E-state index is 12.4. The molecule has 6 nitrogen and oxygen atoms in total. The van der Waals surface area contributed by atoms with Crippen molar-refractivity contribution in [3.63, 3.8) is 0 Å². The molecule has 0 aromatic heterocycles. The summed E-state index contributed by atoms with van der Waals surface area (Å²) in [4.78, 5) is 22.9. The number of nitro groups is 1. The predicted molar refractivity (Wildman–Crippen MR) is 106 cm³/mol. The van der Waals surface area contributed by atoms with Crippen LogP contribution in [0.5, 0.6) is 0 Å². The zero-order chi connectivity index (χ0) is 19.7. The number of non-ortho nitro benzene ring substituents is 1. The zero-order valence-corrected chi connectivity index (χ0v) is 16.3. The second-order valence-electron chi connectivity index (χ2n) is 6.32. The summed E-state index contributed by atoms with van der Waals surface area (Å²) >= 11 is 12.4. The van der Waals surface area contributed by atoms with E-state index in [0.29, 0.717) is 34.2 Å². The molecule has 27 heavy (non-hydrogen) atoms. The van der Waals surface area contributed by atoms with Crippen LogP contribution in [0.2, 0.25) is 10.0 Å². The molecule has 0 N–H and O–H groups in total. The fraction of sp³-hybridized carbons (Fsp3) is 0.263. The van der Waals surface area contributed by atoms with Crippen molar-refractivity contribution in [2.45, 2.75) is 32.7 Å². The number of hydrazone groups is 1. The normalized spacial score (nSPS) is 16.4. The van der Waals surface area contributed by atoms with Crippen molar-refractivity contribution in [1.29, 1.82) is 0 Å². The van der Waals surface area contributed by atoms with Crippen LogP contribution in [0.1, 0.15) is 37.0 Å². The second-order valence-corrected chi connectivity index (χ2v) is 7.14. The van der Waals surface area contributed by atoms with Crippen molar-refractivity contribution in [2.75, 3.05) is 0 Å². The summed E-state index contributed by atoms with van der Waals surface area (Å²) in [6.45, 7) is 3.70. The zero-order valence-electron chi connectivity index (χ0n) is 14.8. The Labute approximate surface area is 166 Å². The highest BCUT2D eigenvalue weighted by molar-refractivity contribution is 6.42. The van der Waals surface area contributed by atoms with Crippen molar-refractivity contribution < 1.29 is 9.72 Å². The van der Waals surface area contributed by atoms with E-state index in [1.165, 1.54) is 17.1 Å². The summed E-state index contributed by atoms with van der Waals surface area (Å²) in [5, 5.41) is 17.8. The van der Waals surface area contributed by atoms with Gasteiger partial charge in [0.15, 0.2) is 0 Å². The van der Waals surface area contributed by atoms with E-state index in [0.717, 1.165) is 11.1 Å². The molecule has 1 amide bonds. The maximum atomic E-state index is 12.4. The first kappa shape index (κ1) is 19.3. The number of hydrogen-bond donors (Lipinski definition) is 0. The molecular weight excluding hydrogens is 389 g/mol. The molecule has 0 saturated carbocycles. The van der Waals surface area contributed by atoms with Gasteiger partial charge in [0, 0.05) is 29.7 Å². The molecule has 1 aliphatic heterocycles. The highest BCUT2D eigenvalue weighted by Gasteiger charge is 2.27. The quantitative estimate of drug-likeness (QED) is 0.541. The van der Waals surface area contributed by atoms with Crippen molar-refractivity contribution >= 4 is 40.5 Å². The third-order valence-electron chi connectivity index (χ3n) is 4.45. The smallest absolute Gasteiger partial charge is 0.269 e. The van der Waals surface area contributed by atoms with Crippen LogP contribution in [-0.4, -0.2) is 27.6 Å². The fourth-order valence-electron chi connectivity index (χ4n) is 3.06. The van der Waals surface area contributed by atoms with Crippen molar-refractivity contribution in [1.82, 2.24) is 5.01 Å². The largest absolute Gasteiger partial charge is 0.273 e. The molecule has 0 fully saturated rings. The summed E-state index contributed by atoms with van der Waals surface area (Å²) in [5.41, 5.74) is 2.85.